The van der Waals surface area contributed by atoms with Gasteiger partial charge in [-0.15, -0.1) is 0 Å². The molecule has 3 rings (SSSR count). The second-order valence-electron chi connectivity index (χ2n) is 4.47. The average molecular weight is 446 g/mol. The number of hydrogen-bond acceptors (Lipinski definition) is 2. The van der Waals surface area contributed by atoms with Crippen LogP contribution in [0.15, 0.2) is 51.4 Å². The van der Waals surface area contributed by atoms with E-state index in [2.05, 4.69) is 38.5 Å². The highest BCUT2D eigenvalue weighted by atomic mass is 127. The fourth-order valence-corrected chi connectivity index (χ4v) is 3.14. The fourth-order valence-electron chi connectivity index (χ4n) is 2.09. The number of fused-ring (bicyclic) bond motifs is 1. The molecule has 1 heterocycles. The zero-order chi connectivity index (χ0) is 14.3. The first kappa shape index (κ1) is 14.0. The van der Waals surface area contributed by atoms with Crippen LogP contribution in [0.4, 0.5) is 4.39 Å². The van der Waals surface area contributed by atoms with Crippen molar-refractivity contribution in [3.05, 3.63) is 67.6 Å². The monoisotopic (exact) mass is 445 g/mol. The summed E-state index contributed by atoms with van der Waals surface area (Å²) in [5, 5.41) is 0.723. The molecule has 102 valence electrons. The minimum atomic E-state index is -0.380. The molecule has 0 bridgehead atoms. The number of nitrogens with two attached hydrogens (primary N) is 1. The molecule has 5 heteroatoms. The molecule has 0 saturated heterocycles. The van der Waals surface area contributed by atoms with Gasteiger partial charge >= 0.3 is 0 Å². The second-order valence-corrected chi connectivity index (χ2v) is 6.55. The van der Waals surface area contributed by atoms with Gasteiger partial charge in [0.2, 0.25) is 0 Å². The Labute approximate surface area is 137 Å². The van der Waals surface area contributed by atoms with E-state index in [1.807, 2.05) is 18.2 Å². The number of hydrogen-bond donors (Lipinski definition) is 1. The Morgan fingerprint density at radius 1 is 1.15 bits per heavy atom. The van der Waals surface area contributed by atoms with Crippen LogP contribution in [0.2, 0.25) is 0 Å². The quantitative estimate of drug-likeness (QED) is 0.564. The Morgan fingerprint density at radius 3 is 2.75 bits per heavy atom. The number of halogens is 3. The molecule has 2 aromatic carbocycles. The van der Waals surface area contributed by atoms with Gasteiger partial charge in [-0.1, -0.05) is 15.9 Å². The molecule has 20 heavy (non-hydrogen) atoms. The van der Waals surface area contributed by atoms with Crippen LogP contribution in [0.25, 0.3) is 11.0 Å². The maximum atomic E-state index is 13.2. The molecule has 3 aromatic rings. The van der Waals surface area contributed by atoms with Crippen LogP contribution in [0.1, 0.15) is 17.4 Å². The van der Waals surface area contributed by atoms with Crippen molar-refractivity contribution in [1.82, 2.24) is 0 Å². The van der Waals surface area contributed by atoms with E-state index in [0.29, 0.717) is 11.3 Å². The summed E-state index contributed by atoms with van der Waals surface area (Å²) in [5.74, 6) is 0.345. The van der Waals surface area contributed by atoms with Crippen LogP contribution in [0.3, 0.4) is 0 Å². The van der Waals surface area contributed by atoms with Crippen LogP contribution in [0, 0.1) is 9.39 Å². The van der Waals surface area contributed by atoms with Crippen molar-refractivity contribution in [3.63, 3.8) is 0 Å². The van der Waals surface area contributed by atoms with Gasteiger partial charge in [0, 0.05) is 13.4 Å². The van der Waals surface area contributed by atoms with Crippen molar-refractivity contribution in [2.24, 2.45) is 5.73 Å². The Hall–Kier alpha value is -0.920. The van der Waals surface area contributed by atoms with Gasteiger partial charge in [-0.2, -0.15) is 0 Å². The zero-order valence-electron chi connectivity index (χ0n) is 10.2. The molecule has 1 unspecified atom stereocenters. The molecule has 0 fully saturated rings. The third-order valence-corrected chi connectivity index (χ3v) is 4.57. The fraction of sp³-hybridized carbons (Fsp3) is 0.0667. The normalized spacial score (nSPS) is 12.8. The van der Waals surface area contributed by atoms with Crippen molar-refractivity contribution in [2.75, 3.05) is 0 Å². The molecule has 1 atom stereocenters. The molecule has 2 nitrogen and oxygen atoms in total. The molecule has 0 saturated carbocycles. The van der Waals surface area contributed by atoms with Crippen LogP contribution in [-0.4, -0.2) is 0 Å². The summed E-state index contributed by atoms with van der Waals surface area (Å²) in [4.78, 5) is 0. The summed E-state index contributed by atoms with van der Waals surface area (Å²) < 4.78 is 21.0. The van der Waals surface area contributed by atoms with Gasteiger partial charge in [0.1, 0.15) is 17.2 Å². The lowest BCUT2D eigenvalue weighted by Gasteiger charge is -2.11. The van der Waals surface area contributed by atoms with Gasteiger partial charge in [0.15, 0.2) is 0 Å². The second kappa shape index (κ2) is 5.46. The molecular weight excluding hydrogens is 436 g/mol. The van der Waals surface area contributed by atoms with Gasteiger partial charge in [-0.25, -0.2) is 4.39 Å². The minimum absolute atomic E-state index is 0.282. The highest BCUT2D eigenvalue weighted by molar-refractivity contribution is 14.1. The largest absolute Gasteiger partial charge is 0.459 e. The summed E-state index contributed by atoms with van der Waals surface area (Å²) >= 11 is 5.68. The van der Waals surface area contributed by atoms with Gasteiger partial charge in [-0.3, -0.25) is 0 Å². The first-order chi connectivity index (χ1) is 9.54. The van der Waals surface area contributed by atoms with Crippen molar-refractivity contribution in [3.8, 4) is 0 Å². The Kier molecular flexibility index (Phi) is 3.83. The van der Waals surface area contributed by atoms with E-state index in [9.17, 15) is 4.39 Å². The Balaban J connectivity index is 2.07. The predicted octanol–water partition coefficient (Wildman–Crippen LogP) is 4.99. The number of rotatable bonds is 2. The number of benzene rings is 2. The van der Waals surface area contributed by atoms with E-state index in [-0.39, 0.29) is 11.9 Å². The first-order valence-corrected chi connectivity index (χ1v) is 7.81. The highest BCUT2D eigenvalue weighted by Gasteiger charge is 2.17. The third kappa shape index (κ3) is 2.62. The third-order valence-electron chi connectivity index (χ3n) is 3.10. The lowest BCUT2D eigenvalue weighted by molar-refractivity contribution is 0.524. The lowest BCUT2D eigenvalue weighted by Crippen LogP contribution is -2.12. The van der Waals surface area contributed by atoms with Crippen molar-refractivity contribution >= 4 is 49.5 Å². The SMILES string of the molecule is NC(c1cc2cc(F)ccc2o1)c1cc(Br)ccc1I. The molecule has 2 N–H and O–H groups in total. The van der Waals surface area contributed by atoms with Crippen LogP contribution in [-0.2, 0) is 0 Å². The van der Waals surface area contributed by atoms with E-state index < -0.39 is 0 Å². The van der Waals surface area contributed by atoms with Crippen LogP contribution >= 0.6 is 38.5 Å². The highest BCUT2D eigenvalue weighted by Crippen LogP contribution is 2.30. The molecule has 0 aliphatic carbocycles. The standard InChI is InChI=1S/C15H10BrFINO/c16-9-1-3-12(18)11(7-9)15(19)14-6-8-5-10(17)2-4-13(8)20-14/h1-7,15H,19H2. The van der Waals surface area contributed by atoms with E-state index in [1.165, 1.54) is 12.1 Å². The van der Waals surface area contributed by atoms with Gasteiger partial charge in [-0.05, 0) is 70.6 Å². The van der Waals surface area contributed by atoms with Crippen molar-refractivity contribution in [1.29, 1.82) is 0 Å². The van der Waals surface area contributed by atoms with Gasteiger partial charge < -0.3 is 10.2 Å². The molecule has 1 aromatic heterocycles. The van der Waals surface area contributed by atoms with E-state index in [1.54, 1.807) is 12.1 Å². The van der Waals surface area contributed by atoms with E-state index in [4.69, 9.17) is 10.2 Å². The number of furan rings is 1. The Bertz CT molecular complexity index is 787. The van der Waals surface area contributed by atoms with E-state index >= 15 is 0 Å². The molecule has 0 spiro atoms. The molecule has 0 radical (unpaired) electrons. The molecule has 0 aliphatic heterocycles. The first-order valence-electron chi connectivity index (χ1n) is 5.94. The molecular formula is C15H10BrFINO. The topological polar surface area (TPSA) is 39.2 Å². The van der Waals surface area contributed by atoms with Crippen LogP contribution < -0.4 is 5.73 Å². The molecule has 0 aliphatic rings. The van der Waals surface area contributed by atoms with Gasteiger partial charge in [0.05, 0.1) is 6.04 Å². The smallest absolute Gasteiger partial charge is 0.134 e. The summed E-state index contributed by atoms with van der Waals surface area (Å²) in [6, 6.07) is 11.8. The summed E-state index contributed by atoms with van der Waals surface area (Å²) in [7, 11) is 0. The maximum Gasteiger partial charge on any atom is 0.134 e. The Morgan fingerprint density at radius 2 is 1.95 bits per heavy atom. The molecule has 0 amide bonds. The van der Waals surface area contributed by atoms with Crippen molar-refractivity contribution < 1.29 is 8.81 Å². The van der Waals surface area contributed by atoms with E-state index in [0.717, 1.165) is 19.0 Å². The van der Waals surface area contributed by atoms with Crippen LogP contribution in [0.5, 0.6) is 0 Å². The summed E-state index contributed by atoms with van der Waals surface area (Å²) in [6.45, 7) is 0. The van der Waals surface area contributed by atoms with Gasteiger partial charge in [0.25, 0.3) is 0 Å². The summed E-state index contributed by atoms with van der Waals surface area (Å²) in [6.07, 6.45) is 0. The minimum Gasteiger partial charge on any atom is -0.459 e. The lowest BCUT2D eigenvalue weighted by atomic mass is 10.1. The predicted molar refractivity (Wildman–Crippen MR) is 89.1 cm³/mol. The summed E-state index contributed by atoms with van der Waals surface area (Å²) in [5.41, 5.74) is 7.89. The maximum absolute atomic E-state index is 13.2. The average Bonchev–Trinajstić information content (AvgIpc) is 2.83. The van der Waals surface area contributed by atoms with Crippen molar-refractivity contribution in [2.45, 2.75) is 6.04 Å². The zero-order valence-corrected chi connectivity index (χ0v) is 14.0.